The van der Waals surface area contributed by atoms with E-state index >= 15 is 0 Å². The minimum atomic E-state index is -3.47. The molecule has 2 heterocycles. The van der Waals surface area contributed by atoms with Crippen LogP contribution in [0.1, 0.15) is 42.9 Å². The molecule has 1 saturated heterocycles. The van der Waals surface area contributed by atoms with Crippen molar-refractivity contribution < 1.29 is 27.7 Å². The van der Waals surface area contributed by atoms with Gasteiger partial charge >= 0.3 is 0 Å². The Morgan fingerprint density at radius 3 is 2.42 bits per heavy atom. The Hall–Kier alpha value is -3.37. The van der Waals surface area contributed by atoms with Crippen LogP contribution in [0.15, 0.2) is 84.0 Å². The first-order valence-corrected chi connectivity index (χ1v) is 15.2. The summed E-state index contributed by atoms with van der Waals surface area (Å²) < 4.78 is 45.0. The number of nitrogens with one attached hydrogen (secondary N) is 1. The van der Waals surface area contributed by atoms with Gasteiger partial charge in [0.1, 0.15) is 23.4 Å². The average Bonchev–Trinajstić information content (AvgIpc) is 2.98. The van der Waals surface area contributed by atoms with Gasteiger partial charge in [-0.05, 0) is 87.3 Å². The molecule has 0 amide bonds. The van der Waals surface area contributed by atoms with Crippen molar-refractivity contribution in [1.29, 1.82) is 0 Å². The van der Waals surface area contributed by atoms with Gasteiger partial charge in [0.05, 0.1) is 24.9 Å². The van der Waals surface area contributed by atoms with Gasteiger partial charge in [-0.15, -0.1) is 0 Å². The number of likely N-dealkylation sites (tertiary alicyclic amines) is 1. The minimum absolute atomic E-state index is 0.0309. The number of sulfonamides is 1. The zero-order valence-corrected chi connectivity index (χ0v) is 23.5. The van der Waals surface area contributed by atoms with Gasteiger partial charge in [0.15, 0.2) is 0 Å². The molecule has 212 valence electrons. The standard InChI is InChI=1S/C31H36N2O6S/c1-37-25-11-9-23(10-12-25)29-22-39-30-21-26(13-14-28(30)31(29)34)38-20-6-5-17-33-18-15-24(16-19-33)32-40(35,36)27-7-3-2-4-8-27/h2-4,7-14,21-22,24,31-32,34H,5-6,15-20H2,1H3. The van der Waals surface area contributed by atoms with Crippen molar-refractivity contribution in [2.45, 2.75) is 42.7 Å². The Balaban J connectivity index is 1.02. The molecular weight excluding hydrogens is 528 g/mol. The van der Waals surface area contributed by atoms with Crippen LogP contribution in [-0.2, 0) is 10.0 Å². The number of unbranched alkanes of at least 4 members (excludes halogenated alkanes) is 1. The van der Waals surface area contributed by atoms with Crippen LogP contribution in [0.25, 0.3) is 5.57 Å². The second-order valence-corrected chi connectivity index (χ2v) is 11.8. The Bertz CT molecular complexity index is 1400. The lowest BCUT2D eigenvalue weighted by molar-refractivity contribution is 0.198. The van der Waals surface area contributed by atoms with Gasteiger partial charge in [0.25, 0.3) is 0 Å². The summed E-state index contributed by atoms with van der Waals surface area (Å²) in [6, 6.07) is 21.5. The van der Waals surface area contributed by atoms with E-state index in [0.29, 0.717) is 34.1 Å². The third kappa shape index (κ3) is 6.85. The smallest absolute Gasteiger partial charge is 0.240 e. The third-order valence-corrected chi connectivity index (χ3v) is 8.95. The van der Waals surface area contributed by atoms with Gasteiger partial charge in [-0.25, -0.2) is 13.1 Å². The fraction of sp³-hybridized carbons (Fsp3) is 0.355. The van der Waals surface area contributed by atoms with Crippen molar-refractivity contribution in [1.82, 2.24) is 9.62 Å². The Morgan fingerprint density at radius 2 is 1.70 bits per heavy atom. The third-order valence-electron chi connectivity index (χ3n) is 7.41. The SMILES string of the molecule is COc1ccc(C2=COc3cc(OCCCCN4CCC(NS(=O)(=O)c5ccccc5)CC4)ccc3C2O)cc1. The van der Waals surface area contributed by atoms with Gasteiger partial charge in [-0.2, -0.15) is 0 Å². The summed E-state index contributed by atoms with van der Waals surface area (Å²) in [5, 5.41) is 10.9. The van der Waals surface area contributed by atoms with E-state index in [1.807, 2.05) is 48.5 Å². The van der Waals surface area contributed by atoms with E-state index in [4.69, 9.17) is 14.2 Å². The van der Waals surface area contributed by atoms with Gasteiger partial charge < -0.3 is 24.2 Å². The fourth-order valence-electron chi connectivity index (χ4n) is 5.09. The molecule has 8 nitrogen and oxygen atoms in total. The molecule has 0 spiro atoms. The molecule has 3 aromatic carbocycles. The molecule has 0 saturated carbocycles. The van der Waals surface area contributed by atoms with Crippen LogP contribution in [0, 0.1) is 0 Å². The van der Waals surface area contributed by atoms with Gasteiger partial charge in [0, 0.05) is 23.2 Å². The maximum atomic E-state index is 12.6. The number of hydrogen-bond acceptors (Lipinski definition) is 7. The van der Waals surface area contributed by atoms with Crippen molar-refractivity contribution in [2.24, 2.45) is 0 Å². The van der Waals surface area contributed by atoms with Crippen molar-refractivity contribution >= 4 is 15.6 Å². The molecule has 0 aromatic heterocycles. The highest BCUT2D eigenvalue weighted by molar-refractivity contribution is 7.89. The normalized spacial score (nSPS) is 17.9. The van der Waals surface area contributed by atoms with Crippen LogP contribution in [0.3, 0.4) is 0 Å². The molecule has 3 aromatic rings. The zero-order valence-electron chi connectivity index (χ0n) is 22.7. The number of ether oxygens (including phenoxy) is 3. The lowest BCUT2D eigenvalue weighted by Gasteiger charge is -2.32. The molecule has 1 atom stereocenters. The predicted molar refractivity (Wildman–Crippen MR) is 154 cm³/mol. The summed E-state index contributed by atoms with van der Waals surface area (Å²) in [5.41, 5.74) is 2.27. The van der Waals surface area contributed by atoms with Crippen LogP contribution in [-0.4, -0.2) is 57.8 Å². The summed E-state index contributed by atoms with van der Waals surface area (Å²) in [7, 11) is -1.85. The van der Waals surface area contributed by atoms with Gasteiger partial charge in [-0.1, -0.05) is 30.3 Å². The van der Waals surface area contributed by atoms with Crippen molar-refractivity contribution in [3.63, 3.8) is 0 Å². The number of fused-ring (bicyclic) bond motifs is 1. The van der Waals surface area contributed by atoms with Crippen LogP contribution >= 0.6 is 0 Å². The van der Waals surface area contributed by atoms with Crippen LogP contribution in [0.5, 0.6) is 17.2 Å². The molecule has 1 fully saturated rings. The van der Waals surface area contributed by atoms with Gasteiger partial charge in [0.2, 0.25) is 10.0 Å². The molecule has 0 aliphatic carbocycles. The van der Waals surface area contributed by atoms with E-state index < -0.39 is 16.1 Å². The summed E-state index contributed by atoms with van der Waals surface area (Å²) in [5.74, 6) is 2.05. The first kappa shape index (κ1) is 28.2. The second-order valence-electron chi connectivity index (χ2n) is 10.1. The monoisotopic (exact) mass is 564 g/mol. The van der Waals surface area contributed by atoms with Crippen LogP contribution < -0.4 is 18.9 Å². The highest BCUT2D eigenvalue weighted by atomic mass is 32.2. The Labute approximate surface area is 236 Å². The topological polar surface area (TPSA) is 97.3 Å². The first-order chi connectivity index (χ1) is 19.4. The molecule has 2 N–H and O–H groups in total. The molecule has 9 heteroatoms. The van der Waals surface area contributed by atoms with Gasteiger partial charge in [-0.3, -0.25) is 0 Å². The largest absolute Gasteiger partial charge is 0.497 e. The highest BCUT2D eigenvalue weighted by Crippen LogP contribution is 2.41. The quantitative estimate of drug-likeness (QED) is 0.324. The fourth-order valence-corrected chi connectivity index (χ4v) is 6.42. The van der Waals surface area contributed by atoms with E-state index in [1.165, 1.54) is 0 Å². The predicted octanol–water partition coefficient (Wildman–Crippen LogP) is 4.76. The number of benzene rings is 3. The molecular formula is C31H36N2O6S. The maximum absolute atomic E-state index is 12.6. The number of hydrogen-bond donors (Lipinski definition) is 2. The maximum Gasteiger partial charge on any atom is 0.240 e. The van der Waals surface area contributed by atoms with Crippen LogP contribution in [0.2, 0.25) is 0 Å². The van der Waals surface area contributed by atoms with Crippen molar-refractivity contribution in [3.8, 4) is 17.2 Å². The lowest BCUT2D eigenvalue weighted by Crippen LogP contribution is -2.44. The van der Waals surface area contributed by atoms with Crippen molar-refractivity contribution in [2.75, 3.05) is 33.4 Å². The summed E-state index contributed by atoms with van der Waals surface area (Å²) in [6.07, 6.45) is 4.31. The summed E-state index contributed by atoms with van der Waals surface area (Å²) in [4.78, 5) is 2.70. The number of aliphatic hydroxyl groups is 1. The number of rotatable bonds is 11. The molecule has 5 rings (SSSR count). The molecule has 2 aliphatic rings. The molecule has 2 aliphatic heterocycles. The average molecular weight is 565 g/mol. The lowest BCUT2D eigenvalue weighted by atomic mass is 9.94. The van der Waals surface area contributed by atoms with E-state index in [9.17, 15) is 13.5 Å². The molecule has 0 bridgehead atoms. The Kier molecular flexibility index (Phi) is 9.06. The number of piperidine rings is 1. The Morgan fingerprint density at radius 1 is 0.975 bits per heavy atom. The number of aliphatic hydroxyl groups excluding tert-OH is 1. The second kappa shape index (κ2) is 12.9. The molecule has 1 unspecified atom stereocenters. The van der Waals surface area contributed by atoms with E-state index in [1.54, 1.807) is 37.6 Å². The first-order valence-electron chi connectivity index (χ1n) is 13.7. The summed E-state index contributed by atoms with van der Waals surface area (Å²) >= 11 is 0. The minimum Gasteiger partial charge on any atom is -0.497 e. The number of nitrogens with zero attached hydrogens (tertiary/aromatic N) is 1. The zero-order chi connectivity index (χ0) is 28.0. The van der Waals surface area contributed by atoms with E-state index in [2.05, 4.69) is 9.62 Å². The van der Waals surface area contributed by atoms with Crippen molar-refractivity contribution in [3.05, 3.63) is 90.2 Å². The van der Waals surface area contributed by atoms with Crippen LogP contribution in [0.4, 0.5) is 0 Å². The van der Waals surface area contributed by atoms with E-state index in [-0.39, 0.29) is 6.04 Å². The molecule has 0 radical (unpaired) electrons. The van der Waals surface area contributed by atoms with E-state index in [0.717, 1.165) is 56.6 Å². The molecule has 40 heavy (non-hydrogen) atoms. The summed E-state index contributed by atoms with van der Waals surface area (Å²) in [6.45, 7) is 3.29. The highest BCUT2D eigenvalue weighted by Gasteiger charge is 2.26. The number of methoxy groups -OCH3 is 1.